The largest absolute Gasteiger partial charge is 0.494 e. The highest BCUT2D eigenvalue weighted by atomic mass is 35.5. The van der Waals surface area contributed by atoms with Gasteiger partial charge in [0.05, 0.1) is 48.3 Å². The topological polar surface area (TPSA) is 117 Å². The molecule has 0 spiro atoms. The number of ether oxygens (including phenoxy) is 3. The van der Waals surface area contributed by atoms with Gasteiger partial charge in [-0.3, -0.25) is 9.88 Å². The van der Waals surface area contributed by atoms with Crippen molar-refractivity contribution in [1.29, 1.82) is 0 Å². The molecule has 2 aromatic carbocycles. The SMILES string of the molecule is CCn1cncc1Cn1c(CN2C[C@@H]3[C@H](C2)[C@@H]3c2cccc3c2O[C@](C)(c2ccc(Cl)cn2)O3)nc2c(OC)cc(C(=O)O)cc21. The molecule has 12 heteroatoms. The van der Waals surface area contributed by atoms with Gasteiger partial charge in [0, 0.05) is 44.5 Å². The highest BCUT2D eigenvalue weighted by Gasteiger charge is 2.58. The van der Waals surface area contributed by atoms with Crippen LogP contribution in [0.1, 0.15) is 52.9 Å². The summed E-state index contributed by atoms with van der Waals surface area (Å²) >= 11 is 6.07. The van der Waals surface area contributed by atoms with E-state index in [0.29, 0.717) is 52.8 Å². The van der Waals surface area contributed by atoms with Gasteiger partial charge in [-0.1, -0.05) is 23.7 Å². The maximum atomic E-state index is 12.0. The number of imidazole rings is 2. The molecule has 5 heterocycles. The van der Waals surface area contributed by atoms with Gasteiger partial charge in [-0.2, -0.15) is 0 Å². The summed E-state index contributed by atoms with van der Waals surface area (Å²) in [5.74, 6) is 2.16. The summed E-state index contributed by atoms with van der Waals surface area (Å²) in [6.45, 7) is 7.73. The van der Waals surface area contributed by atoms with Crippen molar-refractivity contribution in [1.82, 2.24) is 29.0 Å². The number of carboxylic acids is 1. The van der Waals surface area contributed by atoms with Gasteiger partial charge in [-0.05, 0) is 55.0 Å². The first-order valence-electron chi connectivity index (χ1n) is 15.4. The Kier molecular flexibility index (Phi) is 6.73. The summed E-state index contributed by atoms with van der Waals surface area (Å²) in [4.78, 5) is 28.2. The lowest BCUT2D eigenvalue weighted by Crippen LogP contribution is -2.32. The molecule has 2 fully saturated rings. The van der Waals surface area contributed by atoms with Gasteiger partial charge in [-0.15, -0.1) is 0 Å². The average molecular weight is 641 g/mol. The number of carboxylic acid groups (broad SMARTS) is 1. The number of aromatic nitrogens is 5. The number of pyridine rings is 1. The zero-order valence-electron chi connectivity index (χ0n) is 25.7. The Balaban J connectivity index is 1.05. The van der Waals surface area contributed by atoms with Crippen molar-refractivity contribution < 1.29 is 24.1 Å². The molecule has 11 nitrogen and oxygen atoms in total. The minimum Gasteiger partial charge on any atom is -0.494 e. The highest BCUT2D eigenvalue weighted by molar-refractivity contribution is 6.30. The number of piperidine rings is 1. The Morgan fingerprint density at radius 3 is 2.67 bits per heavy atom. The third-order valence-corrected chi connectivity index (χ3v) is 9.85. The van der Waals surface area contributed by atoms with Crippen LogP contribution in [0.4, 0.5) is 0 Å². The third-order valence-electron chi connectivity index (χ3n) is 9.62. The van der Waals surface area contributed by atoms with Gasteiger partial charge in [0.25, 0.3) is 5.79 Å². The van der Waals surface area contributed by atoms with Gasteiger partial charge < -0.3 is 28.5 Å². The van der Waals surface area contributed by atoms with Crippen LogP contribution in [0.25, 0.3) is 11.0 Å². The van der Waals surface area contributed by atoms with E-state index in [9.17, 15) is 9.90 Å². The van der Waals surface area contributed by atoms with Gasteiger partial charge in [0.1, 0.15) is 22.8 Å². The second-order valence-electron chi connectivity index (χ2n) is 12.4. The minimum absolute atomic E-state index is 0.163. The monoisotopic (exact) mass is 640 g/mol. The van der Waals surface area contributed by atoms with E-state index < -0.39 is 11.8 Å². The number of aryl methyl sites for hydroxylation is 1. The van der Waals surface area contributed by atoms with Crippen LogP contribution in [-0.2, 0) is 25.4 Å². The van der Waals surface area contributed by atoms with Gasteiger partial charge in [-0.25, -0.2) is 14.8 Å². The number of hydrogen-bond acceptors (Lipinski definition) is 8. The van der Waals surface area contributed by atoms with Crippen LogP contribution < -0.4 is 14.2 Å². The number of aromatic carboxylic acids is 1. The second-order valence-corrected chi connectivity index (χ2v) is 12.8. The molecule has 46 heavy (non-hydrogen) atoms. The van der Waals surface area contributed by atoms with Crippen LogP contribution in [0.5, 0.6) is 17.2 Å². The standard InChI is InChI=1S/C34H33ClN6O5/c1-4-40-18-36-13-21(40)14-41-25-10-19(33(42)43)11-27(44-3)31(25)38-29(41)17-39-15-23-24(16-39)30(23)22-6-5-7-26-32(22)46-34(2,45-26)28-9-8-20(35)12-37-28/h5-13,18,23-24,30H,4,14-17H2,1-3H3,(H,42,43)/t23-,24+,30-,34-/m1/s1. The van der Waals surface area contributed by atoms with Crippen molar-refractivity contribution in [3.05, 3.63) is 94.5 Å². The lowest BCUT2D eigenvalue weighted by atomic mass is 10.0. The molecule has 8 rings (SSSR count). The zero-order valence-corrected chi connectivity index (χ0v) is 26.4. The Morgan fingerprint density at radius 2 is 1.96 bits per heavy atom. The maximum absolute atomic E-state index is 12.0. The Morgan fingerprint density at radius 1 is 1.13 bits per heavy atom. The Labute approximate surface area is 270 Å². The highest BCUT2D eigenvalue weighted by Crippen LogP contribution is 2.62. The average Bonchev–Trinajstić information content (AvgIpc) is 3.53. The minimum atomic E-state index is -1.02. The molecule has 236 valence electrons. The molecule has 3 aromatic heterocycles. The number of hydrogen-bond donors (Lipinski definition) is 1. The van der Waals surface area contributed by atoms with Crippen molar-refractivity contribution in [2.75, 3.05) is 20.2 Å². The van der Waals surface area contributed by atoms with Crippen molar-refractivity contribution in [3.8, 4) is 17.2 Å². The number of methoxy groups -OCH3 is 1. The molecule has 2 aliphatic heterocycles. The van der Waals surface area contributed by atoms with E-state index in [-0.39, 0.29) is 5.56 Å². The van der Waals surface area contributed by atoms with Crippen LogP contribution >= 0.6 is 11.6 Å². The van der Waals surface area contributed by atoms with E-state index in [1.807, 2.05) is 37.6 Å². The third kappa shape index (κ3) is 4.68. The number of nitrogens with zero attached hydrogens (tertiary/aromatic N) is 6. The molecular weight excluding hydrogens is 608 g/mol. The number of para-hydroxylation sites is 1. The number of carbonyl (C=O) groups is 1. The molecule has 0 bridgehead atoms. The fourth-order valence-corrected chi connectivity index (χ4v) is 7.42. The molecular formula is C34H33ClN6O5. The van der Waals surface area contributed by atoms with E-state index in [4.69, 9.17) is 30.8 Å². The smallest absolute Gasteiger partial charge is 0.335 e. The van der Waals surface area contributed by atoms with Gasteiger partial charge >= 0.3 is 5.97 Å². The summed E-state index contributed by atoms with van der Waals surface area (Å²) in [5.41, 5.74) is 4.41. The predicted octanol–water partition coefficient (Wildman–Crippen LogP) is 5.55. The number of likely N-dealkylation sites (tertiary alicyclic amines) is 1. The van der Waals surface area contributed by atoms with E-state index >= 15 is 0 Å². The number of halogens is 1. The summed E-state index contributed by atoms with van der Waals surface area (Å²) < 4.78 is 22.6. The van der Waals surface area contributed by atoms with E-state index in [0.717, 1.165) is 48.2 Å². The molecule has 5 aromatic rings. The maximum Gasteiger partial charge on any atom is 0.335 e. The molecule has 1 aliphatic carbocycles. The molecule has 0 unspecified atom stereocenters. The first kappa shape index (κ1) is 28.8. The van der Waals surface area contributed by atoms with Gasteiger partial charge in [0.15, 0.2) is 11.5 Å². The first-order valence-corrected chi connectivity index (χ1v) is 15.8. The van der Waals surface area contributed by atoms with E-state index in [1.54, 1.807) is 25.4 Å². The molecule has 1 N–H and O–H groups in total. The number of rotatable bonds is 9. The molecule has 0 amide bonds. The second kappa shape index (κ2) is 10.7. The Hall–Kier alpha value is -4.61. The van der Waals surface area contributed by atoms with Crippen molar-refractivity contribution >= 4 is 28.6 Å². The molecule has 1 saturated heterocycles. The number of fused-ring (bicyclic) bond motifs is 3. The number of benzene rings is 2. The van der Waals surface area contributed by atoms with Crippen LogP contribution in [0.2, 0.25) is 5.02 Å². The lowest BCUT2D eigenvalue weighted by molar-refractivity contribution is -0.0721. The van der Waals surface area contributed by atoms with Crippen molar-refractivity contribution in [2.45, 2.75) is 45.2 Å². The normalized spacial score (nSPS) is 23.2. The predicted molar refractivity (Wildman–Crippen MR) is 170 cm³/mol. The van der Waals surface area contributed by atoms with Crippen LogP contribution in [0.15, 0.2) is 61.2 Å². The summed E-state index contributed by atoms with van der Waals surface area (Å²) in [6.07, 6.45) is 5.27. The first-order chi connectivity index (χ1) is 22.3. The summed E-state index contributed by atoms with van der Waals surface area (Å²) in [7, 11) is 1.54. The van der Waals surface area contributed by atoms with Crippen molar-refractivity contribution in [2.24, 2.45) is 11.8 Å². The molecule has 0 radical (unpaired) electrons. The summed E-state index contributed by atoms with van der Waals surface area (Å²) in [5, 5.41) is 10.4. The van der Waals surface area contributed by atoms with Crippen LogP contribution in [0, 0.1) is 11.8 Å². The summed E-state index contributed by atoms with van der Waals surface area (Å²) in [6, 6.07) is 13.0. The zero-order chi connectivity index (χ0) is 31.7. The van der Waals surface area contributed by atoms with Gasteiger partial charge in [0.2, 0.25) is 0 Å². The van der Waals surface area contributed by atoms with E-state index in [1.165, 1.54) is 11.6 Å². The fraction of sp³-hybridized carbons (Fsp3) is 0.353. The van der Waals surface area contributed by atoms with Crippen molar-refractivity contribution in [3.63, 3.8) is 0 Å². The fourth-order valence-electron chi connectivity index (χ4n) is 7.31. The Bertz CT molecular complexity index is 1980. The quantitative estimate of drug-likeness (QED) is 0.221. The van der Waals surface area contributed by atoms with Crippen LogP contribution in [-0.4, -0.2) is 60.3 Å². The molecule has 3 aliphatic rings. The molecule has 1 saturated carbocycles. The molecule has 4 atom stereocenters. The lowest BCUT2D eigenvalue weighted by Gasteiger charge is -2.23. The van der Waals surface area contributed by atoms with E-state index in [2.05, 4.69) is 37.0 Å². The van der Waals surface area contributed by atoms with Crippen LogP contribution in [0.3, 0.4) is 0 Å².